The quantitative estimate of drug-likeness (QED) is 0.451. The highest BCUT2D eigenvalue weighted by molar-refractivity contribution is 9.10. The Morgan fingerprint density at radius 2 is 1.66 bits per heavy atom. The molecule has 2 aromatic carbocycles. The number of carbonyl (C=O) groups excluding carboxylic acids is 1. The van der Waals surface area contributed by atoms with Crippen LogP contribution >= 0.6 is 15.9 Å². The number of ether oxygens (including phenoxy) is 2. The van der Waals surface area contributed by atoms with Gasteiger partial charge >= 0.3 is 6.09 Å². The number of hydrogen-bond donors (Lipinski definition) is 0. The predicted molar refractivity (Wildman–Crippen MR) is 131 cm³/mol. The Labute approximate surface area is 200 Å². The van der Waals surface area contributed by atoms with Crippen LogP contribution in [0.25, 0.3) is 0 Å². The van der Waals surface area contributed by atoms with Crippen molar-refractivity contribution in [2.75, 3.05) is 7.11 Å². The molecule has 0 aromatic heterocycles. The van der Waals surface area contributed by atoms with E-state index in [1.807, 2.05) is 43.9 Å². The van der Waals surface area contributed by atoms with Gasteiger partial charge < -0.3 is 9.47 Å². The van der Waals surface area contributed by atoms with Gasteiger partial charge in [0, 0.05) is 18.1 Å². The van der Waals surface area contributed by atoms with E-state index in [-0.39, 0.29) is 23.2 Å². The Hall–Kier alpha value is -1.85. The molecule has 3 aliphatic rings. The summed E-state index contributed by atoms with van der Waals surface area (Å²) in [5, 5.41) is 0. The number of rotatable bonds is 5. The van der Waals surface area contributed by atoms with E-state index in [1.165, 1.54) is 5.56 Å². The Morgan fingerprint density at radius 3 is 2.22 bits per heavy atom. The van der Waals surface area contributed by atoms with E-state index in [0.717, 1.165) is 42.1 Å². The van der Waals surface area contributed by atoms with Crippen LogP contribution in [0.4, 0.5) is 4.79 Å². The van der Waals surface area contributed by atoms with E-state index >= 15 is 0 Å². The summed E-state index contributed by atoms with van der Waals surface area (Å²) in [6.45, 7) is 6.31. The van der Waals surface area contributed by atoms with Crippen LogP contribution in [-0.2, 0) is 21.4 Å². The molecule has 1 atom stereocenters. The summed E-state index contributed by atoms with van der Waals surface area (Å²) < 4.78 is 13.1. The molecule has 0 saturated heterocycles. The van der Waals surface area contributed by atoms with Gasteiger partial charge in [0.2, 0.25) is 0 Å². The first-order chi connectivity index (χ1) is 15.2. The lowest BCUT2D eigenvalue weighted by atomic mass is 9.53. The van der Waals surface area contributed by atoms with Crippen molar-refractivity contribution in [2.45, 2.75) is 82.1 Å². The molecule has 172 valence electrons. The lowest BCUT2D eigenvalue weighted by Crippen LogP contribution is -2.67. The average molecular weight is 500 g/mol. The van der Waals surface area contributed by atoms with Gasteiger partial charge in [0.15, 0.2) is 0 Å². The molecule has 0 radical (unpaired) electrons. The standard InChI is InChI=1S/C27H34BrNO3/c1-25(2,3)32-24(30)29(19-20-8-6-5-7-9-20)27-16-14-26(15-17-27,18-23(27)31-4)21-10-12-22(28)13-11-21/h5-13,23H,14-19H2,1-4H3. The molecule has 0 aliphatic heterocycles. The number of methoxy groups -OCH3 is 1. The Kier molecular flexibility index (Phi) is 6.43. The van der Waals surface area contributed by atoms with E-state index in [1.54, 1.807) is 7.11 Å². The highest BCUT2D eigenvalue weighted by atomic mass is 79.9. The van der Waals surface area contributed by atoms with E-state index in [0.29, 0.717) is 6.54 Å². The summed E-state index contributed by atoms with van der Waals surface area (Å²) in [7, 11) is 1.79. The first-order valence-electron chi connectivity index (χ1n) is 11.5. The maximum absolute atomic E-state index is 13.5. The van der Waals surface area contributed by atoms with Gasteiger partial charge in [-0.1, -0.05) is 58.4 Å². The van der Waals surface area contributed by atoms with E-state index in [4.69, 9.17) is 9.47 Å². The summed E-state index contributed by atoms with van der Waals surface area (Å²) in [4.78, 5) is 15.5. The molecule has 0 N–H and O–H groups in total. The van der Waals surface area contributed by atoms with Gasteiger partial charge in [0.05, 0.1) is 11.6 Å². The number of benzene rings is 2. The summed E-state index contributed by atoms with van der Waals surface area (Å²) in [5.74, 6) is 0. The van der Waals surface area contributed by atoms with Crippen LogP contribution in [0.15, 0.2) is 59.1 Å². The van der Waals surface area contributed by atoms with E-state index in [9.17, 15) is 4.79 Å². The van der Waals surface area contributed by atoms with Gasteiger partial charge in [-0.2, -0.15) is 0 Å². The molecule has 4 nitrogen and oxygen atoms in total. The van der Waals surface area contributed by atoms with Gasteiger partial charge in [-0.25, -0.2) is 4.79 Å². The lowest BCUT2D eigenvalue weighted by molar-refractivity contribution is -0.133. The third kappa shape index (κ3) is 4.47. The smallest absolute Gasteiger partial charge is 0.411 e. The molecule has 5 rings (SSSR count). The zero-order valence-corrected chi connectivity index (χ0v) is 21.2. The largest absolute Gasteiger partial charge is 0.444 e. The van der Waals surface area contributed by atoms with E-state index in [2.05, 4.69) is 52.3 Å². The van der Waals surface area contributed by atoms with Crippen molar-refractivity contribution in [3.8, 4) is 0 Å². The Morgan fingerprint density at radius 1 is 1.03 bits per heavy atom. The summed E-state index contributed by atoms with van der Waals surface area (Å²) >= 11 is 3.56. The molecular formula is C27H34BrNO3. The molecule has 0 heterocycles. The molecule has 2 bridgehead atoms. The fraction of sp³-hybridized carbons (Fsp3) is 0.519. The first-order valence-corrected chi connectivity index (χ1v) is 12.3. The number of nitrogens with zero attached hydrogens (tertiary/aromatic N) is 1. The van der Waals surface area contributed by atoms with Crippen molar-refractivity contribution >= 4 is 22.0 Å². The minimum Gasteiger partial charge on any atom is -0.444 e. The molecule has 3 aliphatic carbocycles. The number of hydrogen-bond acceptors (Lipinski definition) is 3. The minimum absolute atomic E-state index is 0.0372. The van der Waals surface area contributed by atoms with Crippen LogP contribution in [-0.4, -0.2) is 35.3 Å². The van der Waals surface area contributed by atoms with Crippen molar-refractivity contribution in [3.05, 3.63) is 70.2 Å². The molecule has 1 amide bonds. The van der Waals surface area contributed by atoms with Gasteiger partial charge in [-0.3, -0.25) is 4.90 Å². The van der Waals surface area contributed by atoms with Crippen LogP contribution in [0.5, 0.6) is 0 Å². The average Bonchev–Trinajstić information content (AvgIpc) is 2.78. The van der Waals surface area contributed by atoms with Gasteiger partial charge in [0.25, 0.3) is 0 Å². The molecule has 3 saturated carbocycles. The molecule has 1 unspecified atom stereocenters. The predicted octanol–water partition coefficient (Wildman–Crippen LogP) is 6.86. The second kappa shape index (κ2) is 8.83. The van der Waals surface area contributed by atoms with Crippen molar-refractivity contribution in [1.82, 2.24) is 4.90 Å². The van der Waals surface area contributed by atoms with Crippen LogP contribution in [0.3, 0.4) is 0 Å². The zero-order chi connectivity index (χ0) is 23.0. The summed E-state index contributed by atoms with van der Waals surface area (Å²) in [5.41, 5.74) is 1.69. The molecular weight excluding hydrogens is 466 g/mol. The summed E-state index contributed by atoms with van der Waals surface area (Å²) in [6.07, 6.45) is 4.54. The molecule has 0 spiro atoms. The molecule has 3 fully saturated rings. The van der Waals surface area contributed by atoms with Crippen molar-refractivity contribution in [1.29, 1.82) is 0 Å². The van der Waals surface area contributed by atoms with Crippen LogP contribution in [0.1, 0.15) is 64.0 Å². The minimum atomic E-state index is -0.546. The topological polar surface area (TPSA) is 38.8 Å². The molecule has 5 heteroatoms. The highest BCUT2D eigenvalue weighted by Gasteiger charge is 2.59. The maximum Gasteiger partial charge on any atom is 0.411 e. The van der Waals surface area contributed by atoms with Gasteiger partial charge in [-0.05, 0) is 81.5 Å². The second-order valence-corrected chi connectivity index (χ2v) is 11.3. The lowest BCUT2D eigenvalue weighted by Gasteiger charge is -2.60. The fourth-order valence-electron chi connectivity index (χ4n) is 5.68. The van der Waals surface area contributed by atoms with Crippen molar-refractivity contribution in [3.63, 3.8) is 0 Å². The van der Waals surface area contributed by atoms with Gasteiger partial charge in [0.1, 0.15) is 5.60 Å². The normalized spacial score (nSPS) is 27.2. The third-order valence-electron chi connectivity index (χ3n) is 7.32. The zero-order valence-electron chi connectivity index (χ0n) is 19.6. The number of amides is 1. The highest BCUT2D eigenvalue weighted by Crippen LogP contribution is 2.57. The maximum atomic E-state index is 13.5. The second-order valence-electron chi connectivity index (χ2n) is 10.4. The van der Waals surface area contributed by atoms with Crippen LogP contribution in [0.2, 0.25) is 0 Å². The number of halogens is 1. The van der Waals surface area contributed by atoms with Crippen LogP contribution in [0, 0.1) is 0 Å². The molecule has 2 aromatic rings. The fourth-order valence-corrected chi connectivity index (χ4v) is 5.94. The van der Waals surface area contributed by atoms with Crippen molar-refractivity contribution < 1.29 is 14.3 Å². The Balaban J connectivity index is 1.68. The first kappa shape index (κ1) is 23.3. The molecule has 32 heavy (non-hydrogen) atoms. The van der Waals surface area contributed by atoms with Crippen LogP contribution < -0.4 is 0 Å². The van der Waals surface area contributed by atoms with E-state index < -0.39 is 5.60 Å². The van der Waals surface area contributed by atoms with Crippen molar-refractivity contribution in [2.24, 2.45) is 0 Å². The number of carbonyl (C=O) groups is 1. The van der Waals surface area contributed by atoms with Gasteiger partial charge in [-0.15, -0.1) is 0 Å². The Bertz CT molecular complexity index is 928. The number of fused-ring (bicyclic) bond motifs is 3. The third-order valence-corrected chi connectivity index (χ3v) is 7.85. The monoisotopic (exact) mass is 499 g/mol. The summed E-state index contributed by atoms with van der Waals surface area (Å²) in [6, 6.07) is 18.9. The SMILES string of the molecule is COC1CC2(c3ccc(Br)cc3)CCC1(N(Cc1ccccc1)C(=O)OC(C)(C)C)CC2.